The van der Waals surface area contributed by atoms with Crippen LogP contribution in [0.4, 0.5) is 0 Å². The standard InChI is InChI=1S/C17H23N3/c1-2-20(16-9-11-18-12-10-16)13-15-8-7-14-5-3-4-6-17(14)19-15/h3-8,16,18H,2,9-13H2,1H3. The van der Waals surface area contributed by atoms with Crippen molar-refractivity contribution in [3.05, 3.63) is 42.1 Å². The minimum atomic E-state index is 0.703. The molecule has 1 aromatic heterocycles. The third kappa shape index (κ3) is 3.00. The van der Waals surface area contributed by atoms with Crippen molar-refractivity contribution in [1.82, 2.24) is 15.2 Å². The molecular weight excluding hydrogens is 246 g/mol. The van der Waals surface area contributed by atoms with Gasteiger partial charge in [-0.2, -0.15) is 0 Å². The second kappa shape index (κ2) is 6.33. The van der Waals surface area contributed by atoms with Crippen LogP contribution in [0.3, 0.4) is 0 Å². The zero-order valence-electron chi connectivity index (χ0n) is 12.2. The molecule has 3 nitrogen and oxygen atoms in total. The van der Waals surface area contributed by atoms with Gasteiger partial charge in [-0.25, -0.2) is 0 Å². The fourth-order valence-electron chi connectivity index (χ4n) is 3.08. The Morgan fingerprint density at radius 1 is 1.15 bits per heavy atom. The molecular formula is C17H23N3. The minimum absolute atomic E-state index is 0.703. The summed E-state index contributed by atoms with van der Waals surface area (Å²) in [5.74, 6) is 0. The van der Waals surface area contributed by atoms with Gasteiger partial charge in [0.2, 0.25) is 0 Å². The van der Waals surface area contributed by atoms with Crippen LogP contribution in [0.2, 0.25) is 0 Å². The number of piperidine rings is 1. The van der Waals surface area contributed by atoms with Gasteiger partial charge in [0.25, 0.3) is 0 Å². The van der Waals surface area contributed by atoms with E-state index in [9.17, 15) is 0 Å². The summed E-state index contributed by atoms with van der Waals surface area (Å²) < 4.78 is 0. The molecule has 1 N–H and O–H groups in total. The molecule has 0 bridgehead atoms. The summed E-state index contributed by atoms with van der Waals surface area (Å²) in [6.45, 7) is 6.60. The van der Waals surface area contributed by atoms with Gasteiger partial charge in [0.05, 0.1) is 11.2 Å². The molecule has 0 atom stereocenters. The van der Waals surface area contributed by atoms with Gasteiger partial charge < -0.3 is 5.32 Å². The lowest BCUT2D eigenvalue weighted by atomic mass is 10.0. The molecule has 2 aromatic rings. The van der Waals surface area contributed by atoms with Crippen molar-refractivity contribution in [2.75, 3.05) is 19.6 Å². The van der Waals surface area contributed by atoms with E-state index < -0.39 is 0 Å². The van der Waals surface area contributed by atoms with Crippen molar-refractivity contribution < 1.29 is 0 Å². The summed E-state index contributed by atoms with van der Waals surface area (Å²) in [6, 6.07) is 13.4. The Bertz CT molecular complexity index is 561. The molecule has 3 rings (SSSR count). The Morgan fingerprint density at radius 3 is 2.75 bits per heavy atom. The molecule has 0 aliphatic carbocycles. The quantitative estimate of drug-likeness (QED) is 0.925. The zero-order valence-corrected chi connectivity index (χ0v) is 12.2. The number of hydrogen-bond acceptors (Lipinski definition) is 3. The summed E-state index contributed by atoms with van der Waals surface area (Å²) >= 11 is 0. The average molecular weight is 269 g/mol. The number of para-hydroxylation sites is 1. The van der Waals surface area contributed by atoms with E-state index in [4.69, 9.17) is 4.98 Å². The van der Waals surface area contributed by atoms with E-state index in [2.05, 4.69) is 53.5 Å². The third-order valence-electron chi connectivity index (χ3n) is 4.25. The van der Waals surface area contributed by atoms with Gasteiger partial charge in [0, 0.05) is 18.0 Å². The van der Waals surface area contributed by atoms with E-state index in [1.54, 1.807) is 0 Å². The molecule has 20 heavy (non-hydrogen) atoms. The molecule has 0 amide bonds. The van der Waals surface area contributed by atoms with Crippen molar-refractivity contribution in [3.63, 3.8) is 0 Å². The van der Waals surface area contributed by atoms with Crippen LogP contribution in [-0.2, 0) is 6.54 Å². The van der Waals surface area contributed by atoms with Crippen LogP contribution in [0.1, 0.15) is 25.5 Å². The monoisotopic (exact) mass is 269 g/mol. The van der Waals surface area contributed by atoms with E-state index in [0.29, 0.717) is 6.04 Å². The van der Waals surface area contributed by atoms with E-state index in [0.717, 1.165) is 31.7 Å². The molecule has 1 aromatic carbocycles. The highest BCUT2D eigenvalue weighted by atomic mass is 15.2. The molecule has 0 saturated carbocycles. The first-order chi connectivity index (χ1) is 9.86. The van der Waals surface area contributed by atoms with Crippen molar-refractivity contribution in [3.8, 4) is 0 Å². The Labute approximate surface area is 121 Å². The number of rotatable bonds is 4. The highest BCUT2D eigenvalue weighted by molar-refractivity contribution is 5.78. The Kier molecular flexibility index (Phi) is 4.28. The lowest BCUT2D eigenvalue weighted by Crippen LogP contribution is -2.42. The van der Waals surface area contributed by atoms with E-state index in [-0.39, 0.29) is 0 Å². The molecule has 1 aliphatic heterocycles. The maximum Gasteiger partial charge on any atom is 0.0705 e. The Hall–Kier alpha value is -1.45. The predicted molar refractivity (Wildman–Crippen MR) is 83.7 cm³/mol. The van der Waals surface area contributed by atoms with Crippen molar-refractivity contribution >= 4 is 10.9 Å². The molecule has 0 unspecified atom stereocenters. The Morgan fingerprint density at radius 2 is 1.95 bits per heavy atom. The van der Waals surface area contributed by atoms with Gasteiger partial charge in [-0.1, -0.05) is 31.2 Å². The molecule has 1 saturated heterocycles. The number of fused-ring (bicyclic) bond motifs is 1. The summed E-state index contributed by atoms with van der Waals surface area (Å²) in [4.78, 5) is 7.37. The van der Waals surface area contributed by atoms with E-state index in [1.165, 1.54) is 23.9 Å². The van der Waals surface area contributed by atoms with Crippen LogP contribution in [0, 0.1) is 0 Å². The first-order valence-electron chi connectivity index (χ1n) is 7.66. The topological polar surface area (TPSA) is 28.2 Å². The van der Waals surface area contributed by atoms with Crippen LogP contribution >= 0.6 is 0 Å². The smallest absolute Gasteiger partial charge is 0.0705 e. The lowest BCUT2D eigenvalue weighted by Gasteiger charge is -2.33. The first kappa shape index (κ1) is 13.5. The van der Waals surface area contributed by atoms with Crippen molar-refractivity contribution in [2.24, 2.45) is 0 Å². The van der Waals surface area contributed by atoms with Crippen LogP contribution < -0.4 is 5.32 Å². The predicted octanol–water partition coefficient (Wildman–Crippen LogP) is 2.81. The van der Waals surface area contributed by atoms with E-state index in [1.807, 2.05) is 0 Å². The number of nitrogens with zero attached hydrogens (tertiary/aromatic N) is 2. The molecule has 106 valence electrons. The second-order valence-corrected chi connectivity index (χ2v) is 5.54. The lowest BCUT2D eigenvalue weighted by molar-refractivity contribution is 0.160. The van der Waals surface area contributed by atoms with E-state index >= 15 is 0 Å². The maximum atomic E-state index is 4.80. The van der Waals surface area contributed by atoms with Gasteiger partial charge in [0.15, 0.2) is 0 Å². The number of nitrogens with one attached hydrogen (secondary N) is 1. The van der Waals surface area contributed by atoms with Crippen LogP contribution in [-0.4, -0.2) is 35.6 Å². The highest BCUT2D eigenvalue weighted by Gasteiger charge is 2.19. The zero-order chi connectivity index (χ0) is 13.8. The fourth-order valence-corrected chi connectivity index (χ4v) is 3.08. The first-order valence-corrected chi connectivity index (χ1v) is 7.66. The SMILES string of the molecule is CCN(Cc1ccc2ccccc2n1)C1CCNCC1. The third-order valence-corrected chi connectivity index (χ3v) is 4.25. The summed E-state index contributed by atoms with van der Waals surface area (Å²) in [6.07, 6.45) is 2.50. The molecule has 0 radical (unpaired) electrons. The van der Waals surface area contributed by atoms with Crippen LogP contribution in [0.5, 0.6) is 0 Å². The van der Waals surface area contributed by atoms with Gasteiger partial charge in [-0.05, 0) is 44.6 Å². The number of pyridine rings is 1. The maximum absolute atomic E-state index is 4.80. The van der Waals surface area contributed by atoms with Crippen LogP contribution in [0.15, 0.2) is 36.4 Å². The number of benzene rings is 1. The average Bonchev–Trinajstić information content (AvgIpc) is 2.53. The second-order valence-electron chi connectivity index (χ2n) is 5.54. The van der Waals surface area contributed by atoms with Crippen molar-refractivity contribution in [1.29, 1.82) is 0 Å². The molecule has 1 fully saturated rings. The van der Waals surface area contributed by atoms with Crippen molar-refractivity contribution in [2.45, 2.75) is 32.4 Å². The summed E-state index contributed by atoms with van der Waals surface area (Å²) in [5, 5.41) is 4.66. The van der Waals surface area contributed by atoms with Gasteiger partial charge in [0.1, 0.15) is 0 Å². The highest BCUT2D eigenvalue weighted by Crippen LogP contribution is 2.17. The molecule has 0 spiro atoms. The molecule has 1 aliphatic rings. The molecule has 2 heterocycles. The summed E-state index contributed by atoms with van der Waals surface area (Å²) in [5.41, 5.74) is 2.29. The number of hydrogen-bond donors (Lipinski definition) is 1. The number of aromatic nitrogens is 1. The van der Waals surface area contributed by atoms with Crippen LogP contribution in [0.25, 0.3) is 10.9 Å². The van der Waals surface area contributed by atoms with Gasteiger partial charge >= 0.3 is 0 Å². The normalized spacial score (nSPS) is 16.9. The molecule has 3 heteroatoms. The fraction of sp³-hybridized carbons (Fsp3) is 0.471. The largest absolute Gasteiger partial charge is 0.317 e. The van der Waals surface area contributed by atoms with Gasteiger partial charge in [-0.15, -0.1) is 0 Å². The summed E-state index contributed by atoms with van der Waals surface area (Å²) in [7, 11) is 0. The Balaban J connectivity index is 1.76. The van der Waals surface area contributed by atoms with Gasteiger partial charge in [-0.3, -0.25) is 9.88 Å². The minimum Gasteiger partial charge on any atom is -0.317 e.